The van der Waals surface area contributed by atoms with Gasteiger partial charge >= 0.3 is 0 Å². The topological polar surface area (TPSA) is 88.2 Å². The molecule has 0 atom stereocenters. The van der Waals surface area contributed by atoms with Crippen LogP contribution in [0.2, 0.25) is 0 Å². The minimum absolute atomic E-state index is 0.179. The van der Waals surface area contributed by atoms with Crippen molar-refractivity contribution in [1.29, 1.82) is 0 Å². The van der Waals surface area contributed by atoms with Crippen molar-refractivity contribution in [3.63, 3.8) is 0 Å². The van der Waals surface area contributed by atoms with E-state index < -0.39 is 10.0 Å². The molecule has 1 saturated heterocycles. The van der Waals surface area contributed by atoms with Crippen LogP contribution in [0.3, 0.4) is 0 Å². The molecule has 1 amide bonds. The van der Waals surface area contributed by atoms with E-state index in [1.165, 1.54) is 4.31 Å². The highest BCUT2D eigenvalue weighted by Crippen LogP contribution is 2.25. The minimum atomic E-state index is -3.52. The second-order valence-corrected chi connectivity index (χ2v) is 9.08. The average molecular weight is 434 g/mol. The number of hydrogen-bond donors (Lipinski definition) is 1. The van der Waals surface area contributed by atoms with E-state index in [9.17, 15) is 13.2 Å². The smallest absolute Gasteiger partial charge is 0.243 e. The van der Waals surface area contributed by atoms with E-state index in [1.54, 1.807) is 56.7 Å². The number of nitrogens with one attached hydrogen (secondary N) is 1. The number of ether oxygens (including phenoxy) is 2. The molecule has 0 aromatic heterocycles. The van der Waals surface area contributed by atoms with Crippen molar-refractivity contribution in [2.45, 2.75) is 11.8 Å². The third kappa shape index (κ3) is 5.29. The van der Waals surface area contributed by atoms with Crippen LogP contribution in [0.25, 0.3) is 0 Å². The monoisotopic (exact) mass is 433 g/mol. The number of piperazine rings is 1. The van der Waals surface area contributed by atoms with E-state index >= 15 is 0 Å². The molecule has 0 radical (unpaired) electrons. The van der Waals surface area contributed by atoms with Crippen LogP contribution < -0.4 is 14.8 Å². The molecule has 2 aromatic rings. The molecule has 9 heteroatoms. The fourth-order valence-electron chi connectivity index (χ4n) is 3.27. The van der Waals surface area contributed by atoms with Crippen molar-refractivity contribution in [2.75, 3.05) is 52.3 Å². The van der Waals surface area contributed by atoms with Gasteiger partial charge in [0.05, 0.1) is 25.7 Å². The molecule has 0 aliphatic carbocycles. The van der Waals surface area contributed by atoms with Gasteiger partial charge in [0, 0.05) is 50.1 Å². The zero-order chi connectivity index (χ0) is 21.7. The Morgan fingerprint density at radius 3 is 2.07 bits per heavy atom. The standard InChI is InChI=1S/C21H27N3O5S/c1-16-4-6-20(7-5-16)30(26,27)24-10-8-23(9-11-24)15-21(25)22-17-12-18(28-2)14-19(13-17)29-3/h4-7,12-14H,8-11,15H2,1-3H3,(H,22,25). The Labute approximate surface area is 177 Å². The number of carbonyl (C=O) groups is 1. The van der Waals surface area contributed by atoms with Gasteiger partial charge in [-0.3, -0.25) is 9.69 Å². The van der Waals surface area contributed by atoms with Crippen molar-refractivity contribution in [3.8, 4) is 11.5 Å². The van der Waals surface area contributed by atoms with Crippen molar-refractivity contribution < 1.29 is 22.7 Å². The molecule has 0 spiro atoms. The van der Waals surface area contributed by atoms with Crippen molar-refractivity contribution >= 4 is 21.6 Å². The summed E-state index contributed by atoms with van der Waals surface area (Å²) in [5.41, 5.74) is 1.59. The first-order chi connectivity index (χ1) is 14.3. The summed E-state index contributed by atoms with van der Waals surface area (Å²) in [7, 11) is -0.424. The van der Waals surface area contributed by atoms with Gasteiger partial charge in [0.2, 0.25) is 15.9 Å². The maximum absolute atomic E-state index is 12.8. The first-order valence-electron chi connectivity index (χ1n) is 9.64. The van der Waals surface area contributed by atoms with Crippen molar-refractivity contribution in [3.05, 3.63) is 48.0 Å². The number of methoxy groups -OCH3 is 2. The van der Waals surface area contributed by atoms with Crippen LogP contribution in [0.4, 0.5) is 5.69 Å². The number of sulfonamides is 1. The van der Waals surface area contributed by atoms with Gasteiger partial charge in [0.25, 0.3) is 0 Å². The Hall–Kier alpha value is -2.62. The maximum Gasteiger partial charge on any atom is 0.243 e. The lowest BCUT2D eigenvalue weighted by Gasteiger charge is -2.33. The molecule has 2 aromatic carbocycles. The van der Waals surface area contributed by atoms with Crippen LogP contribution in [-0.2, 0) is 14.8 Å². The van der Waals surface area contributed by atoms with E-state index in [2.05, 4.69) is 5.32 Å². The number of nitrogens with zero attached hydrogens (tertiary/aromatic N) is 2. The van der Waals surface area contributed by atoms with Crippen LogP contribution in [-0.4, -0.2) is 70.5 Å². The second-order valence-electron chi connectivity index (χ2n) is 7.14. The molecule has 0 bridgehead atoms. The van der Waals surface area contributed by atoms with E-state index in [0.29, 0.717) is 48.3 Å². The van der Waals surface area contributed by atoms with Crippen LogP contribution in [0, 0.1) is 6.92 Å². The number of amides is 1. The summed E-state index contributed by atoms with van der Waals surface area (Å²) in [5.74, 6) is 0.985. The Balaban J connectivity index is 1.55. The largest absolute Gasteiger partial charge is 0.497 e. The molecular weight excluding hydrogens is 406 g/mol. The van der Waals surface area contributed by atoms with Gasteiger partial charge in [-0.25, -0.2) is 8.42 Å². The first kappa shape index (κ1) is 22.1. The Morgan fingerprint density at radius 2 is 1.53 bits per heavy atom. The van der Waals surface area contributed by atoms with Crippen LogP contribution in [0.1, 0.15) is 5.56 Å². The Kier molecular flexibility index (Phi) is 6.96. The molecule has 1 N–H and O–H groups in total. The van der Waals surface area contributed by atoms with Crippen molar-refractivity contribution in [2.24, 2.45) is 0 Å². The summed E-state index contributed by atoms with van der Waals surface area (Å²) in [6.07, 6.45) is 0. The second kappa shape index (κ2) is 9.46. The molecule has 1 aliphatic rings. The van der Waals surface area contributed by atoms with Crippen LogP contribution in [0.5, 0.6) is 11.5 Å². The van der Waals surface area contributed by atoms with Crippen molar-refractivity contribution in [1.82, 2.24) is 9.21 Å². The third-order valence-electron chi connectivity index (χ3n) is 4.99. The fraction of sp³-hybridized carbons (Fsp3) is 0.381. The van der Waals surface area contributed by atoms with E-state index in [1.807, 2.05) is 11.8 Å². The number of aryl methyl sites for hydroxylation is 1. The SMILES string of the molecule is COc1cc(NC(=O)CN2CCN(S(=O)(=O)c3ccc(C)cc3)CC2)cc(OC)c1. The lowest BCUT2D eigenvalue weighted by Crippen LogP contribution is -2.50. The predicted molar refractivity (Wildman–Crippen MR) is 115 cm³/mol. The van der Waals surface area contributed by atoms with Gasteiger partial charge in [-0.15, -0.1) is 0 Å². The van der Waals surface area contributed by atoms with Gasteiger partial charge in [-0.1, -0.05) is 17.7 Å². The third-order valence-corrected chi connectivity index (χ3v) is 6.91. The minimum Gasteiger partial charge on any atom is -0.497 e. The summed E-state index contributed by atoms with van der Waals surface area (Å²) < 4.78 is 37.5. The number of benzene rings is 2. The highest BCUT2D eigenvalue weighted by Gasteiger charge is 2.29. The van der Waals surface area contributed by atoms with Crippen LogP contribution in [0.15, 0.2) is 47.4 Å². The maximum atomic E-state index is 12.8. The molecule has 1 fully saturated rings. The summed E-state index contributed by atoms with van der Waals surface area (Å²) >= 11 is 0. The predicted octanol–water partition coefficient (Wildman–Crippen LogP) is 1.96. The van der Waals surface area contributed by atoms with Gasteiger partial charge in [-0.2, -0.15) is 4.31 Å². The molecule has 162 valence electrons. The normalized spacial score (nSPS) is 15.6. The number of rotatable bonds is 7. The molecule has 0 unspecified atom stereocenters. The summed E-state index contributed by atoms with van der Waals surface area (Å²) in [6.45, 7) is 3.76. The first-order valence-corrected chi connectivity index (χ1v) is 11.1. The van der Waals surface area contributed by atoms with E-state index in [4.69, 9.17) is 9.47 Å². The lowest BCUT2D eigenvalue weighted by molar-refractivity contribution is -0.117. The molecule has 0 saturated carbocycles. The molecular formula is C21H27N3O5S. The average Bonchev–Trinajstić information content (AvgIpc) is 2.74. The summed E-state index contributed by atoms with van der Waals surface area (Å²) in [6, 6.07) is 12.0. The molecule has 1 aliphatic heterocycles. The Morgan fingerprint density at radius 1 is 0.967 bits per heavy atom. The zero-order valence-electron chi connectivity index (χ0n) is 17.4. The van der Waals surface area contributed by atoms with Crippen LogP contribution >= 0.6 is 0 Å². The summed E-state index contributed by atoms with van der Waals surface area (Å²) in [5, 5.41) is 2.84. The highest BCUT2D eigenvalue weighted by molar-refractivity contribution is 7.89. The van der Waals surface area contributed by atoms with Gasteiger partial charge in [0.1, 0.15) is 11.5 Å². The van der Waals surface area contributed by atoms with Gasteiger partial charge in [-0.05, 0) is 19.1 Å². The molecule has 8 nitrogen and oxygen atoms in total. The molecule has 30 heavy (non-hydrogen) atoms. The zero-order valence-corrected chi connectivity index (χ0v) is 18.2. The lowest BCUT2D eigenvalue weighted by atomic mass is 10.2. The highest BCUT2D eigenvalue weighted by atomic mass is 32.2. The van der Waals surface area contributed by atoms with Gasteiger partial charge in [0.15, 0.2) is 0 Å². The number of hydrogen-bond acceptors (Lipinski definition) is 6. The number of anilines is 1. The summed E-state index contributed by atoms with van der Waals surface area (Å²) in [4.78, 5) is 14.7. The molecule has 1 heterocycles. The van der Waals surface area contributed by atoms with Gasteiger partial charge < -0.3 is 14.8 Å². The molecule has 3 rings (SSSR count). The Bertz CT molecular complexity index is 962. The van der Waals surface area contributed by atoms with E-state index in [-0.39, 0.29) is 12.5 Å². The number of carbonyl (C=O) groups excluding carboxylic acids is 1. The fourth-order valence-corrected chi connectivity index (χ4v) is 4.69. The van der Waals surface area contributed by atoms with E-state index in [0.717, 1.165) is 5.56 Å². The quantitative estimate of drug-likeness (QED) is 0.718.